The van der Waals surface area contributed by atoms with Crippen molar-refractivity contribution in [2.75, 3.05) is 6.54 Å². The van der Waals surface area contributed by atoms with Crippen LogP contribution in [-0.4, -0.2) is 33.4 Å². The van der Waals surface area contributed by atoms with Gasteiger partial charge in [0.05, 0.1) is 0 Å². The molecule has 1 fully saturated rings. The summed E-state index contributed by atoms with van der Waals surface area (Å²) >= 11 is 4.90. The fourth-order valence-electron chi connectivity index (χ4n) is 1.65. The van der Waals surface area contributed by atoms with E-state index in [1.165, 1.54) is 29.3 Å². The molecule has 5 nitrogen and oxygen atoms in total. The first-order valence-corrected chi connectivity index (χ1v) is 6.05. The van der Waals surface area contributed by atoms with Gasteiger partial charge in [-0.3, -0.25) is 19.8 Å². The van der Waals surface area contributed by atoms with E-state index in [1.54, 1.807) is 0 Å². The van der Waals surface area contributed by atoms with Crippen molar-refractivity contribution in [1.82, 2.24) is 15.2 Å². The van der Waals surface area contributed by atoms with Gasteiger partial charge in [0.2, 0.25) is 5.95 Å². The molecule has 1 aromatic rings. The normalized spacial score (nSPS) is 17.4. The van der Waals surface area contributed by atoms with Gasteiger partial charge in [0.1, 0.15) is 5.57 Å². The Labute approximate surface area is 119 Å². The lowest BCUT2D eigenvalue weighted by molar-refractivity contribution is -0.128. The number of thiocarbonyl (C=S) groups is 1. The highest BCUT2D eigenvalue weighted by Gasteiger charge is 2.32. The van der Waals surface area contributed by atoms with Crippen LogP contribution in [0.1, 0.15) is 5.56 Å². The van der Waals surface area contributed by atoms with E-state index in [4.69, 9.17) is 12.2 Å². The summed E-state index contributed by atoms with van der Waals surface area (Å²) in [6.45, 7) is 3.67. The summed E-state index contributed by atoms with van der Waals surface area (Å²) in [5, 5.41) is 2.38. The van der Waals surface area contributed by atoms with Crippen LogP contribution in [0.3, 0.4) is 0 Å². The summed E-state index contributed by atoms with van der Waals surface area (Å²) in [7, 11) is 0. The molecule has 1 aliphatic rings. The highest BCUT2D eigenvalue weighted by atomic mass is 32.1. The lowest BCUT2D eigenvalue weighted by Gasteiger charge is -2.27. The van der Waals surface area contributed by atoms with Crippen LogP contribution in [0.4, 0.5) is 4.39 Å². The first kappa shape index (κ1) is 14.0. The summed E-state index contributed by atoms with van der Waals surface area (Å²) in [5.41, 5.74) is -0.148. The Balaban J connectivity index is 2.42. The number of hydrogen-bond acceptors (Lipinski definition) is 4. The van der Waals surface area contributed by atoms with Crippen LogP contribution in [-0.2, 0) is 9.59 Å². The second-order valence-corrected chi connectivity index (χ2v) is 4.29. The molecule has 2 heterocycles. The van der Waals surface area contributed by atoms with E-state index < -0.39 is 17.8 Å². The maximum Gasteiger partial charge on any atom is 0.265 e. The molecule has 1 aliphatic heterocycles. The first-order valence-electron chi connectivity index (χ1n) is 5.65. The fourth-order valence-corrected chi connectivity index (χ4v) is 1.90. The maximum atomic E-state index is 13.5. The molecule has 2 amide bonds. The summed E-state index contributed by atoms with van der Waals surface area (Å²) in [6.07, 6.45) is 3.90. The summed E-state index contributed by atoms with van der Waals surface area (Å²) in [5.74, 6) is -2.02. The Morgan fingerprint density at radius 2 is 2.25 bits per heavy atom. The molecule has 0 atom stereocenters. The highest BCUT2D eigenvalue weighted by Crippen LogP contribution is 2.15. The number of carbonyl (C=O) groups excluding carboxylic acids is 2. The zero-order valence-corrected chi connectivity index (χ0v) is 11.1. The van der Waals surface area contributed by atoms with Crippen LogP contribution in [0.25, 0.3) is 6.08 Å². The van der Waals surface area contributed by atoms with Crippen molar-refractivity contribution in [3.8, 4) is 0 Å². The van der Waals surface area contributed by atoms with Crippen LogP contribution >= 0.6 is 12.2 Å². The highest BCUT2D eigenvalue weighted by molar-refractivity contribution is 7.80. The van der Waals surface area contributed by atoms with Crippen LogP contribution in [0, 0.1) is 5.95 Å². The molecule has 0 saturated carbocycles. The predicted molar refractivity (Wildman–Crippen MR) is 74.8 cm³/mol. The number of aromatic nitrogens is 1. The number of nitrogens with zero attached hydrogens (tertiary/aromatic N) is 2. The Hall–Kier alpha value is -2.41. The van der Waals surface area contributed by atoms with Crippen molar-refractivity contribution in [1.29, 1.82) is 0 Å². The molecule has 0 spiro atoms. The Bertz CT molecular complexity index is 642. The van der Waals surface area contributed by atoms with Crippen molar-refractivity contribution >= 4 is 35.2 Å². The first-order chi connectivity index (χ1) is 9.54. The number of halogens is 1. The van der Waals surface area contributed by atoms with Gasteiger partial charge in [0.15, 0.2) is 5.11 Å². The second-order valence-electron chi connectivity index (χ2n) is 3.91. The minimum atomic E-state index is -0.760. The van der Waals surface area contributed by atoms with Gasteiger partial charge in [-0.05, 0) is 30.4 Å². The summed E-state index contributed by atoms with van der Waals surface area (Å²) < 4.78 is 13.5. The van der Waals surface area contributed by atoms with Crippen LogP contribution in [0.2, 0.25) is 0 Å². The molecule has 0 unspecified atom stereocenters. The third kappa shape index (κ3) is 2.62. The molecule has 1 N–H and O–H groups in total. The molecular weight excluding hydrogens is 281 g/mol. The van der Waals surface area contributed by atoms with Gasteiger partial charge < -0.3 is 0 Å². The van der Waals surface area contributed by atoms with E-state index in [0.717, 1.165) is 6.08 Å². The number of pyridine rings is 1. The molecule has 0 radical (unpaired) electrons. The molecule has 7 heteroatoms. The average molecular weight is 291 g/mol. The monoisotopic (exact) mass is 291 g/mol. The van der Waals surface area contributed by atoms with Gasteiger partial charge in [-0.25, -0.2) is 4.98 Å². The van der Waals surface area contributed by atoms with Gasteiger partial charge in [0.25, 0.3) is 11.8 Å². The Kier molecular flexibility index (Phi) is 3.99. The molecule has 20 heavy (non-hydrogen) atoms. The summed E-state index contributed by atoms with van der Waals surface area (Å²) in [4.78, 5) is 28.6. The molecule has 0 aromatic carbocycles. The van der Waals surface area contributed by atoms with E-state index in [0.29, 0.717) is 0 Å². The van der Waals surface area contributed by atoms with E-state index in [9.17, 15) is 14.0 Å². The van der Waals surface area contributed by atoms with Crippen molar-refractivity contribution in [2.45, 2.75) is 0 Å². The van der Waals surface area contributed by atoms with Crippen molar-refractivity contribution < 1.29 is 14.0 Å². The van der Waals surface area contributed by atoms with E-state index in [-0.39, 0.29) is 22.8 Å². The molecule has 0 bridgehead atoms. The Morgan fingerprint density at radius 3 is 2.90 bits per heavy atom. The molecule has 1 aromatic heterocycles. The SMILES string of the molecule is C=CCN1C(=O)C(=Cc2cccnc2F)C(=O)NC1=S. The lowest BCUT2D eigenvalue weighted by atomic mass is 10.1. The van der Waals surface area contributed by atoms with Crippen molar-refractivity contribution in [3.63, 3.8) is 0 Å². The average Bonchev–Trinajstić information content (AvgIpc) is 2.41. The van der Waals surface area contributed by atoms with Crippen LogP contribution in [0.15, 0.2) is 36.6 Å². The molecular formula is C13H10FN3O2S. The zero-order chi connectivity index (χ0) is 14.7. The topological polar surface area (TPSA) is 62.3 Å². The molecule has 1 saturated heterocycles. The van der Waals surface area contributed by atoms with Crippen molar-refractivity contribution in [2.24, 2.45) is 0 Å². The Morgan fingerprint density at radius 1 is 1.50 bits per heavy atom. The van der Waals surface area contributed by atoms with Crippen LogP contribution < -0.4 is 5.32 Å². The maximum absolute atomic E-state index is 13.5. The number of hydrogen-bond donors (Lipinski definition) is 1. The van der Waals surface area contributed by atoms with Gasteiger partial charge in [-0.15, -0.1) is 6.58 Å². The lowest BCUT2D eigenvalue weighted by Crippen LogP contribution is -2.53. The van der Waals surface area contributed by atoms with E-state index in [1.807, 2.05) is 0 Å². The molecule has 0 aliphatic carbocycles. The number of carbonyl (C=O) groups is 2. The smallest absolute Gasteiger partial charge is 0.265 e. The van der Waals surface area contributed by atoms with Crippen molar-refractivity contribution in [3.05, 3.63) is 48.1 Å². The van der Waals surface area contributed by atoms with Gasteiger partial charge >= 0.3 is 0 Å². The quantitative estimate of drug-likeness (QED) is 0.297. The standard InChI is InChI=1S/C13H10FN3O2S/c1-2-6-17-12(19)9(11(18)16-13(17)20)7-8-4-3-5-15-10(8)14/h2-5,7H,1,6H2,(H,16,18,20). The number of rotatable bonds is 3. The minimum absolute atomic E-state index is 0.00343. The van der Waals surface area contributed by atoms with Crippen LogP contribution in [0.5, 0.6) is 0 Å². The van der Waals surface area contributed by atoms with E-state index in [2.05, 4.69) is 16.9 Å². The van der Waals surface area contributed by atoms with Gasteiger partial charge in [0, 0.05) is 18.3 Å². The fraction of sp³-hybridized carbons (Fsp3) is 0.0769. The minimum Gasteiger partial charge on any atom is -0.298 e. The third-order valence-electron chi connectivity index (χ3n) is 2.59. The zero-order valence-electron chi connectivity index (χ0n) is 10.3. The molecule has 102 valence electrons. The predicted octanol–water partition coefficient (Wildman–Crippen LogP) is 1.03. The van der Waals surface area contributed by atoms with E-state index >= 15 is 0 Å². The summed E-state index contributed by atoms with van der Waals surface area (Å²) in [6, 6.07) is 2.92. The van der Waals surface area contributed by atoms with Gasteiger partial charge in [-0.2, -0.15) is 4.39 Å². The number of amides is 2. The molecule has 2 rings (SSSR count). The largest absolute Gasteiger partial charge is 0.298 e. The second kappa shape index (κ2) is 5.70. The third-order valence-corrected chi connectivity index (χ3v) is 2.91. The number of nitrogens with one attached hydrogen (secondary N) is 1. The van der Waals surface area contributed by atoms with Gasteiger partial charge in [-0.1, -0.05) is 6.08 Å².